The van der Waals surface area contributed by atoms with Crippen LogP contribution in [0, 0.1) is 11.3 Å². The van der Waals surface area contributed by atoms with E-state index >= 15 is 0 Å². The van der Waals surface area contributed by atoms with Gasteiger partial charge < -0.3 is 5.32 Å². The molecule has 3 nitrogen and oxygen atoms in total. The van der Waals surface area contributed by atoms with Gasteiger partial charge >= 0.3 is 0 Å². The summed E-state index contributed by atoms with van der Waals surface area (Å²) >= 11 is 0. The minimum atomic E-state index is -0.130. The topological polar surface area (TPSA) is 46.2 Å². The normalized spacial score (nSPS) is 25.8. The van der Waals surface area contributed by atoms with E-state index < -0.39 is 0 Å². The summed E-state index contributed by atoms with van der Waals surface area (Å²) in [6, 6.07) is 7.61. The standard InChI is InChI=1S/C18H21NO2/c1-18(2,3)11-8-9-15(20)13(10-11)16-12-6-4-5-7-14(12)19-17(16)21/h4-7,11H,8-10H2,1-3H3,(H,19,21)/b16-13+. The van der Waals surface area contributed by atoms with Crippen molar-refractivity contribution in [2.24, 2.45) is 11.3 Å². The van der Waals surface area contributed by atoms with E-state index in [2.05, 4.69) is 26.1 Å². The lowest BCUT2D eigenvalue weighted by Gasteiger charge is -2.34. The van der Waals surface area contributed by atoms with Gasteiger partial charge in [0, 0.05) is 23.2 Å². The van der Waals surface area contributed by atoms with Crippen molar-refractivity contribution >= 4 is 23.0 Å². The van der Waals surface area contributed by atoms with Crippen LogP contribution in [0.5, 0.6) is 0 Å². The highest BCUT2D eigenvalue weighted by Gasteiger charge is 2.36. The third-order valence-electron chi connectivity index (χ3n) is 4.71. The number of rotatable bonds is 0. The highest BCUT2D eigenvalue weighted by atomic mass is 16.2. The third-order valence-corrected chi connectivity index (χ3v) is 4.71. The average molecular weight is 283 g/mol. The zero-order valence-electron chi connectivity index (χ0n) is 12.8. The number of hydrogen-bond acceptors (Lipinski definition) is 2. The van der Waals surface area contributed by atoms with E-state index in [0.717, 1.165) is 23.2 Å². The summed E-state index contributed by atoms with van der Waals surface area (Å²) in [5, 5.41) is 2.87. The van der Waals surface area contributed by atoms with Gasteiger partial charge in [-0.2, -0.15) is 0 Å². The lowest BCUT2D eigenvalue weighted by molar-refractivity contribution is -0.118. The van der Waals surface area contributed by atoms with Crippen LogP contribution in [-0.4, -0.2) is 11.7 Å². The molecule has 3 heteroatoms. The fraction of sp³-hybridized carbons (Fsp3) is 0.444. The Balaban J connectivity index is 2.08. The molecule has 0 spiro atoms. The number of nitrogens with one attached hydrogen (secondary N) is 1. The van der Waals surface area contributed by atoms with Crippen molar-refractivity contribution in [3.05, 3.63) is 35.4 Å². The largest absolute Gasteiger partial charge is 0.321 e. The van der Waals surface area contributed by atoms with Gasteiger partial charge in [0.2, 0.25) is 0 Å². The molecule has 2 aliphatic rings. The second-order valence-corrected chi connectivity index (χ2v) is 7.08. The first kappa shape index (κ1) is 14.1. The molecule has 0 saturated heterocycles. The number of allylic oxidation sites excluding steroid dienone is 1. The maximum atomic E-state index is 12.4. The summed E-state index contributed by atoms with van der Waals surface area (Å²) in [6.07, 6.45) is 2.18. The van der Waals surface area contributed by atoms with Crippen molar-refractivity contribution in [2.75, 3.05) is 5.32 Å². The van der Waals surface area contributed by atoms with Gasteiger partial charge in [-0.15, -0.1) is 0 Å². The lowest BCUT2D eigenvalue weighted by Crippen LogP contribution is -2.28. The van der Waals surface area contributed by atoms with E-state index in [-0.39, 0.29) is 17.1 Å². The number of carbonyl (C=O) groups is 2. The lowest BCUT2D eigenvalue weighted by atomic mass is 9.69. The molecule has 1 heterocycles. The fourth-order valence-electron chi connectivity index (χ4n) is 3.32. The molecule has 1 N–H and O–H groups in total. The van der Waals surface area contributed by atoms with Gasteiger partial charge in [-0.05, 0) is 30.2 Å². The minimum Gasteiger partial charge on any atom is -0.321 e. The van der Waals surface area contributed by atoms with Gasteiger partial charge in [-0.3, -0.25) is 9.59 Å². The van der Waals surface area contributed by atoms with Gasteiger partial charge in [0.15, 0.2) is 5.78 Å². The first-order chi connectivity index (χ1) is 9.88. The quantitative estimate of drug-likeness (QED) is 0.736. The molecule has 21 heavy (non-hydrogen) atoms. The molecule has 1 unspecified atom stereocenters. The zero-order valence-corrected chi connectivity index (χ0v) is 12.8. The third kappa shape index (κ3) is 2.41. The Hall–Kier alpha value is -1.90. The summed E-state index contributed by atoms with van der Waals surface area (Å²) in [4.78, 5) is 24.7. The van der Waals surface area contributed by atoms with E-state index in [9.17, 15) is 9.59 Å². The molecule has 0 radical (unpaired) electrons. The second-order valence-electron chi connectivity index (χ2n) is 7.08. The Bertz CT molecular complexity index is 649. The molecule has 1 aromatic rings. The van der Waals surface area contributed by atoms with Crippen molar-refractivity contribution in [3.8, 4) is 0 Å². The smallest absolute Gasteiger partial charge is 0.256 e. The maximum Gasteiger partial charge on any atom is 0.256 e. The van der Waals surface area contributed by atoms with Crippen LogP contribution in [0.2, 0.25) is 0 Å². The number of amides is 1. The summed E-state index contributed by atoms with van der Waals surface area (Å²) in [5.74, 6) is 0.449. The summed E-state index contributed by atoms with van der Waals surface area (Å²) < 4.78 is 0. The van der Waals surface area contributed by atoms with Crippen LogP contribution in [0.1, 0.15) is 45.6 Å². The molecular formula is C18H21NO2. The van der Waals surface area contributed by atoms with Crippen molar-refractivity contribution < 1.29 is 9.59 Å². The number of hydrogen-bond donors (Lipinski definition) is 1. The summed E-state index contributed by atoms with van der Waals surface area (Å²) in [6.45, 7) is 6.62. The first-order valence-corrected chi connectivity index (χ1v) is 7.55. The summed E-state index contributed by atoms with van der Waals surface area (Å²) in [5.41, 5.74) is 3.17. The van der Waals surface area contributed by atoms with E-state index in [1.807, 2.05) is 24.3 Å². The van der Waals surface area contributed by atoms with Crippen LogP contribution in [0.25, 0.3) is 5.57 Å². The molecule has 110 valence electrons. The average Bonchev–Trinajstić information content (AvgIpc) is 2.74. The van der Waals surface area contributed by atoms with Crippen LogP contribution in [0.3, 0.4) is 0 Å². The van der Waals surface area contributed by atoms with Gasteiger partial charge in [-0.1, -0.05) is 39.0 Å². The minimum absolute atomic E-state index is 0.130. The van der Waals surface area contributed by atoms with Crippen molar-refractivity contribution in [1.82, 2.24) is 0 Å². The Morgan fingerprint density at radius 1 is 1.14 bits per heavy atom. The molecule has 0 bridgehead atoms. The van der Waals surface area contributed by atoms with Crippen LogP contribution >= 0.6 is 0 Å². The Morgan fingerprint density at radius 2 is 1.86 bits per heavy atom. The predicted octanol–water partition coefficient (Wildman–Crippen LogP) is 3.81. The number of ketones is 1. The molecule has 3 rings (SSSR count). The SMILES string of the molecule is CC(C)(C)C1CCC(=O)/C(=C2/C(=O)Nc3ccccc32)C1. The zero-order chi connectivity index (χ0) is 15.2. The molecule has 1 amide bonds. The highest BCUT2D eigenvalue weighted by Crippen LogP contribution is 2.43. The monoisotopic (exact) mass is 283 g/mol. The second kappa shape index (κ2) is 4.83. The summed E-state index contributed by atoms with van der Waals surface area (Å²) in [7, 11) is 0. The molecule has 1 atom stereocenters. The number of Topliss-reactive ketones (excluding diaryl/α,β-unsaturated/α-hetero) is 1. The van der Waals surface area contributed by atoms with Gasteiger partial charge in [-0.25, -0.2) is 0 Å². The Kier molecular flexibility index (Phi) is 3.23. The van der Waals surface area contributed by atoms with E-state index in [4.69, 9.17) is 0 Å². The van der Waals surface area contributed by atoms with E-state index in [0.29, 0.717) is 24.3 Å². The van der Waals surface area contributed by atoms with Crippen LogP contribution < -0.4 is 5.32 Å². The molecule has 1 saturated carbocycles. The number of fused-ring (bicyclic) bond motifs is 1. The number of benzene rings is 1. The highest BCUT2D eigenvalue weighted by molar-refractivity contribution is 6.35. The van der Waals surface area contributed by atoms with Gasteiger partial charge in [0.05, 0.1) is 5.57 Å². The first-order valence-electron chi connectivity index (χ1n) is 7.55. The van der Waals surface area contributed by atoms with Crippen LogP contribution in [0.4, 0.5) is 5.69 Å². The van der Waals surface area contributed by atoms with Crippen molar-refractivity contribution in [2.45, 2.75) is 40.0 Å². The predicted molar refractivity (Wildman–Crippen MR) is 83.8 cm³/mol. The van der Waals surface area contributed by atoms with Crippen molar-refractivity contribution in [3.63, 3.8) is 0 Å². The number of para-hydroxylation sites is 1. The molecule has 0 aromatic heterocycles. The number of anilines is 1. The molecule has 1 aromatic carbocycles. The molecule has 1 aliphatic carbocycles. The maximum absolute atomic E-state index is 12.4. The fourth-order valence-corrected chi connectivity index (χ4v) is 3.32. The molecule has 1 aliphatic heterocycles. The molecular weight excluding hydrogens is 262 g/mol. The van der Waals surface area contributed by atoms with Crippen LogP contribution in [0.15, 0.2) is 29.8 Å². The van der Waals surface area contributed by atoms with Gasteiger partial charge in [0.25, 0.3) is 5.91 Å². The van der Waals surface area contributed by atoms with Crippen molar-refractivity contribution in [1.29, 1.82) is 0 Å². The van der Waals surface area contributed by atoms with Gasteiger partial charge in [0.1, 0.15) is 0 Å². The number of carbonyl (C=O) groups excluding carboxylic acids is 2. The van der Waals surface area contributed by atoms with Crippen LogP contribution in [-0.2, 0) is 9.59 Å². The Morgan fingerprint density at radius 3 is 2.57 bits per heavy atom. The van der Waals surface area contributed by atoms with E-state index in [1.165, 1.54) is 0 Å². The van der Waals surface area contributed by atoms with E-state index in [1.54, 1.807) is 0 Å². The Labute approximate surface area is 125 Å². The molecule has 1 fully saturated rings.